The van der Waals surface area contributed by atoms with E-state index in [9.17, 15) is 4.79 Å². The van der Waals surface area contributed by atoms with Crippen LogP contribution in [0.5, 0.6) is 0 Å². The van der Waals surface area contributed by atoms with E-state index in [2.05, 4.69) is 10.6 Å². The van der Waals surface area contributed by atoms with Gasteiger partial charge in [-0.3, -0.25) is 0 Å². The molecule has 0 radical (unpaired) electrons. The van der Waals surface area contributed by atoms with Gasteiger partial charge < -0.3 is 15.4 Å². The summed E-state index contributed by atoms with van der Waals surface area (Å²) in [6, 6.07) is -0.121. The first kappa shape index (κ1) is 12.2. The molecule has 0 saturated carbocycles. The van der Waals surface area contributed by atoms with E-state index in [0.717, 1.165) is 0 Å². The van der Waals surface area contributed by atoms with E-state index in [1.807, 2.05) is 27.7 Å². The summed E-state index contributed by atoms with van der Waals surface area (Å²) in [6.07, 6.45) is 0. The molecule has 0 aromatic rings. The average molecular weight is 188 g/mol. The maximum absolute atomic E-state index is 11.3. The molecule has 0 fully saturated rings. The SMILES string of the molecule is COCC(C)NC(=O)NC(C)(C)C. The van der Waals surface area contributed by atoms with Gasteiger partial charge in [0.1, 0.15) is 0 Å². The summed E-state index contributed by atoms with van der Waals surface area (Å²) in [6.45, 7) is 8.23. The third kappa shape index (κ3) is 7.59. The van der Waals surface area contributed by atoms with Crippen LogP contribution in [0, 0.1) is 0 Å². The van der Waals surface area contributed by atoms with Gasteiger partial charge in [-0.15, -0.1) is 0 Å². The van der Waals surface area contributed by atoms with E-state index in [1.54, 1.807) is 7.11 Å². The molecule has 0 saturated heterocycles. The standard InChI is InChI=1S/C9H20N2O2/c1-7(6-13-5)10-8(12)11-9(2,3)4/h7H,6H2,1-5H3,(H2,10,11,12). The minimum absolute atomic E-state index is 0.0346. The van der Waals surface area contributed by atoms with Crippen molar-refractivity contribution in [1.29, 1.82) is 0 Å². The third-order valence-corrected chi connectivity index (χ3v) is 1.28. The van der Waals surface area contributed by atoms with Crippen molar-refractivity contribution >= 4 is 6.03 Å². The summed E-state index contributed by atoms with van der Waals surface area (Å²) in [5.41, 5.74) is -0.198. The normalized spacial score (nSPS) is 13.6. The van der Waals surface area contributed by atoms with Gasteiger partial charge in [0.15, 0.2) is 0 Å². The summed E-state index contributed by atoms with van der Waals surface area (Å²) in [5.74, 6) is 0. The molecule has 78 valence electrons. The monoisotopic (exact) mass is 188 g/mol. The lowest BCUT2D eigenvalue weighted by Gasteiger charge is -2.22. The highest BCUT2D eigenvalue weighted by Crippen LogP contribution is 1.97. The largest absolute Gasteiger partial charge is 0.383 e. The number of hydrogen-bond donors (Lipinski definition) is 2. The molecule has 0 aliphatic rings. The molecule has 0 bridgehead atoms. The summed E-state index contributed by atoms with van der Waals surface area (Å²) in [5, 5.41) is 5.57. The number of nitrogens with one attached hydrogen (secondary N) is 2. The highest BCUT2D eigenvalue weighted by atomic mass is 16.5. The van der Waals surface area contributed by atoms with Gasteiger partial charge in [-0.25, -0.2) is 4.79 Å². The number of carbonyl (C=O) groups excluding carboxylic acids is 1. The predicted octanol–water partition coefficient (Wildman–Crippen LogP) is 1.12. The lowest BCUT2D eigenvalue weighted by Crippen LogP contribution is -2.49. The minimum atomic E-state index is -0.198. The van der Waals surface area contributed by atoms with Gasteiger partial charge in [0, 0.05) is 12.6 Å². The molecule has 0 heterocycles. The number of methoxy groups -OCH3 is 1. The summed E-state index contributed by atoms with van der Waals surface area (Å²) in [4.78, 5) is 11.3. The highest BCUT2D eigenvalue weighted by molar-refractivity contribution is 5.74. The molecule has 0 aromatic heterocycles. The minimum Gasteiger partial charge on any atom is -0.383 e. The molecule has 0 aliphatic carbocycles. The summed E-state index contributed by atoms with van der Waals surface area (Å²) in [7, 11) is 1.61. The second-order valence-corrected chi connectivity index (χ2v) is 4.20. The quantitative estimate of drug-likeness (QED) is 0.697. The zero-order valence-corrected chi connectivity index (χ0v) is 9.10. The Balaban J connectivity index is 3.74. The molecule has 1 atom stereocenters. The van der Waals surface area contributed by atoms with Crippen molar-refractivity contribution in [3.63, 3.8) is 0 Å². The molecule has 2 N–H and O–H groups in total. The second-order valence-electron chi connectivity index (χ2n) is 4.20. The van der Waals surface area contributed by atoms with Crippen molar-refractivity contribution in [1.82, 2.24) is 10.6 Å². The molecule has 0 aliphatic heterocycles. The fraction of sp³-hybridized carbons (Fsp3) is 0.889. The van der Waals surface area contributed by atoms with E-state index in [-0.39, 0.29) is 17.6 Å². The zero-order valence-electron chi connectivity index (χ0n) is 9.10. The van der Waals surface area contributed by atoms with E-state index in [1.165, 1.54) is 0 Å². The van der Waals surface area contributed by atoms with Crippen molar-refractivity contribution in [2.75, 3.05) is 13.7 Å². The second kappa shape index (κ2) is 5.07. The van der Waals surface area contributed by atoms with E-state index >= 15 is 0 Å². The van der Waals surface area contributed by atoms with E-state index in [4.69, 9.17) is 4.74 Å². The summed E-state index contributed by atoms with van der Waals surface area (Å²) < 4.78 is 4.89. The molecule has 4 heteroatoms. The fourth-order valence-electron chi connectivity index (χ4n) is 0.892. The Bertz CT molecular complexity index is 163. The molecule has 1 unspecified atom stereocenters. The van der Waals surface area contributed by atoms with Crippen LogP contribution in [0.1, 0.15) is 27.7 Å². The smallest absolute Gasteiger partial charge is 0.315 e. The fourth-order valence-corrected chi connectivity index (χ4v) is 0.892. The molecule has 4 nitrogen and oxygen atoms in total. The Morgan fingerprint density at radius 2 is 2.00 bits per heavy atom. The number of amides is 2. The van der Waals surface area contributed by atoms with Gasteiger partial charge in [0.05, 0.1) is 12.6 Å². The van der Waals surface area contributed by atoms with Crippen LogP contribution in [0.15, 0.2) is 0 Å². The van der Waals surface area contributed by atoms with Crippen LogP contribution in [0.3, 0.4) is 0 Å². The van der Waals surface area contributed by atoms with Gasteiger partial charge in [0.2, 0.25) is 0 Å². The number of carbonyl (C=O) groups is 1. The lowest BCUT2D eigenvalue weighted by molar-refractivity contribution is 0.169. The van der Waals surface area contributed by atoms with Crippen LogP contribution >= 0.6 is 0 Å². The number of ether oxygens (including phenoxy) is 1. The molecule has 0 aromatic carbocycles. The molecule has 2 amide bonds. The van der Waals surface area contributed by atoms with Crippen molar-refractivity contribution in [3.05, 3.63) is 0 Å². The zero-order chi connectivity index (χ0) is 10.5. The number of rotatable bonds is 3. The number of urea groups is 1. The summed E-state index contributed by atoms with van der Waals surface area (Å²) >= 11 is 0. The predicted molar refractivity (Wildman–Crippen MR) is 52.8 cm³/mol. The maximum Gasteiger partial charge on any atom is 0.315 e. The van der Waals surface area contributed by atoms with Gasteiger partial charge >= 0.3 is 6.03 Å². The molecular formula is C9H20N2O2. The number of hydrogen-bond acceptors (Lipinski definition) is 2. The topological polar surface area (TPSA) is 50.4 Å². The molecule has 0 spiro atoms. The highest BCUT2D eigenvalue weighted by Gasteiger charge is 2.14. The average Bonchev–Trinajstić information content (AvgIpc) is 1.81. The maximum atomic E-state index is 11.3. The van der Waals surface area contributed by atoms with Crippen molar-refractivity contribution in [2.24, 2.45) is 0 Å². The first-order valence-electron chi connectivity index (χ1n) is 4.43. The van der Waals surface area contributed by atoms with Crippen molar-refractivity contribution in [3.8, 4) is 0 Å². The molecule has 0 rings (SSSR count). The Kier molecular flexibility index (Phi) is 4.77. The van der Waals surface area contributed by atoms with Gasteiger partial charge in [-0.2, -0.15) is 0 Å². The Morgan fingerprint density at radius 1 is 1.46 bits per heavy atom. The Labute approximate surface area is 80.0 Å². The first-order valence-corrected chi connectivity index (χ1v) is 4.43. The molecular weight excluding hydrogens is 168 g/mol. The Hall–Kier alpha value is -0.770. The van der Waals surface area contributed by atoms with Crippen LogP contribution < -0.4 is 10.6 Å². The van der Waals surface area contributed by atoms with Crippen LogP contribution in [0.2, 0.25) is 0 Å². The first-order chi connectivity index (χ1) is 5.85. The van der Waals surface area contributed by atoms with Gasteiger partial charge in [-0.1, -0.05) is 0 Å². The van der Waals surface area contributed by atoms with Gasteiger partial charge in [0.25, 0.3) is 0 Å². The van der Waals surface area contributed by atoms with E-state index in [0.29, 0.717) is 6.61 Å². The third-order valence-electron chi connectivity index (χ3n) is 1.28. The molecule has 13 heavy (non-hydrogen) atoms. The van der Waals surface area contributed by atoms with Crippen LogP contribution in [0.4, 0.5) is 4.79 Å². The van der Waals surface area contributed by atoms with Crippen LogP contribution in [-0.2, 0) is 4.74 Å². The Morgan fingerprint density at radius 3 is 2.38 bits per heavy atom. The van der Waals surface area contributed by atoms with E-state index < -0.39 is 0 Å². The van der Waals surface area contributed by atoms with Gasteiger partial charge in [-0.05, 0) is 27.7 Å². The van der Waals surface area contributed by atoms with Crippen LogP contribution in [0.25, 0.3) is 0 Å². The lowest BCUT2D eigenvalue weighted by atomic mass is 10.1. The van der Waals surface area contributed by atoms with Crippen molar-refractivity contribution in [2.45, 2.75) is 39.3 Å². The van der Waals surface area contributed by atoms with Crippen molar-refractivity contribution < 1.29 is 9.53 Å². The van der Waals surface area contributed by atoms with Crippen LogP contribution in [-0.4, -0.2) is 31.3 Å².